The molecule has 0 bridgehead atoms. The Kier molecular flexibility index (Phi) is 4.80. The molecule has 0 radical (unpaired) electrons. The first kappa shape index (κ1) is 16.0. The number of amides is 2. The van der Waals surface area contributed by atoms with Crippen molar-refractivity contribution in [3.63, 3.8) is 0 Å². The Bertz CT molecular complexity index is 656. The lowest BCUT2D eigenvalue weighted by Gasteiger charge is -2.14. The minimum atomic E-state index is -0.332. The SMILES string of the molecule is Cc1cc(C)c(CNC(=O)N[C@H](C)c2nc(C)no2)c(C)c1. The Hall–Kier alpha value is -2.37. The second-order valence-electron chi connectivity index (χ2n) is 5.61. The molecule has 0 saturated heterocycles. The van der Waals surface area contributed by atoms with Crippen LogP contribution in [-0.4, -0.2) is 16.2 Å². The van der Waals surface area contributed by atoms with Gasteiger partial charge in [0, 0.05) is 6.54 Å². The smallest absolute Gasteiger partial charge is 0.315 e. The van der Waals surface area contributed by atoms with Crippen LogP contribution in [0.3, 0.4) is 0 Å². The molecule has 22 heavy (non-hydrogen) atoms. The number of nitrogens with one attached hydrogen (secondary N) is 2. The van der Waals surface area contributed by atoms with E-state index in [0.29, 0.717) is 18.3 Å². The zero-order valence-corrected chi connectivity index (χ0v) is 13.7. The van der Waals surface area contributed by atoms with Crippen LogP contribution < -0.4 is 10.6 Å². The molecule has 0 fully saturated rings. The Morgan fingerprint density at radius 2 is 1.86 bits per heavy atom. The van der Waals surface area contributed by atoms with Crippen molar-refractivity contribution in [2.45, 2.75) is 47.2 Å². The molecule has 118 valence electrons. The molecule has 0 spiro atoms. The maximum atomic E-state index is 12.0. The summed E-state index contributed by atoms with van der Waals surface area (Å²) in [7, 11) is 0. The van der Waals surface area contributed by atoms with E-state index < -0.39 is 0 Å². The second-order valence-corrected chi connectivity index (χ2v) is 5.61. The topological polar surface area (TPSA) is 80.0 Å². The van der Waals surface area contributed by atoms with Gasteiger partial charge in [-0.05, 0) is 51.3 Å². The van der Waals surface area contributed by atoms with E-state index in [9.17, 15) is 4.79 Å². The van der Waals surface area contributed by atoms with Gasteiger partial charge >= 0.3 is 6.03 Å². The highest BCUT2D eigenvalue weighted by Crippen LogP contribution is 2.16. The molecule has 1 heterocycles. The minimum Gasteiger partial charge on any atom is -0.337 e. The third-order valence-corrected chi connectivity index (χ3v) is 3.53. The molecule has 2 N–H and O–H groups in total. The predicted molar refractivity (Wildman–Crippen MR) is 83.5 cm³/mol. The summed E-state index contributed by atoms with van der Waals surface area (Å²) in [6, 6.07) is 3.64. The van der Waals surface area contributed by atoms with Gasteiger partial charge in [0.1, 0.15) is 6.04 Å². The van der Waals surface area contributed by atoms with Crippen LogP contribution in [0.4, 0.5) is 4.79 Å². The number of carbonyl (C=O) groups excluding carboxylic acids is 1. The summed E-state index contributed by atoms with van der Waals surface area (Å²) in [6.07, 6.45) is 0. The molecule has 0 aliphatic carbocycles. The largest absolute Gasteiger partial charge is 0.337 e. The van der Waals surface area contributed by atoms with E-state index >= 15 is 0 Å². The molecule has 2 rings (SSSR count). The lowest BCUT2D eigenvalue weighted by Crippen LogP contribution is -2.37. The Morgan fingerprint density at radius 1 is 1.23 bits per heavy atom. The van der Waals surface area contributed by atoms with E-state index in [1.807, 2.05) is 0 Å². The molecule has 6 heteroatoms. The van der Waals surface area contributed by atoms with Gasteiger partial charge in [0.05, 0.1) is 0 Å². The van der Waals surface area contributed by atoms with Crippen LogP contribution in [0.15, 0.2) is 16.7 Å². The molecule has 0 aliphatic rings. The molecule has 1 aromatic heterocycles. The molecule has 2 aromatic rings. The number of benzene rings is 1. The molecular formula is C16H22N4O2. The summed E-state index contributed by atoms with van der Waals surface area (Å²) < 4.78 is 5.04. The first-order chi connectivity index (χ1) is 10.4. The van der Waals surface area contributed by atoms with Crippen molar-refractivity contribution in [1.82, 2.24) is 20.8 Å². The Balaban J connectivity index is 1.93. The summed E-state index contributed by atoms with van der Waals surface area (Å²) >= 11 is 0. The number of hydrogen-bond acceptors (Lipinski definition) is 4. The monoisotopic (exact) mass is 302 g/mol. The lowest BCUT2D eigenvalue weighted by molar-refractivity contribution is 0.233. The number of urea groups is 1. The van der Waals surface area contributed by atoms with E-state index in [1.165, 1.54) is 16.7 Å². The summed E-state index contributed by atoms with van der Waals surface area (Å²) in [5, 5.41) is 9.36. The van der Waals surface area contributed by atoms with Crippen LogP contribution in [-0.2, 0) is 6.54 Å². The fourth-order valence-corrected chi connectivity index (χ4v) is 2.46. The summed E-state index contributed by atoms with van der Waals surface area (Å²) in [5.41, 5.74) is 4.72. The molecule has 6 nitrogen and oxygen atoms in total. The quantitative estimate of drug-likeness (QED) is 0.910. The number of carbonyl (C=O) groups is 1. The van der Waals surface area contributed by atoms with Crippen LogP contribution >= 0.6 is 0 Å². The maximum Gasteiger partial charge on any atom is 0.315 e. The normalized spacial score (nSPS) is 12.0. The third kappa shape index (κ3) is 3.84. The molecule has 0 saturated carbocycles. The van der Waals surface area contributed by atoms with Gasteiger partial charge in [-0.2, -0.15) is 4.98 Å². The fraction of sp³-hybridized carbons (Fsp3) is 0.438. The highest BCUT2D eigenvalue weighted by atomic mass is 16.5. The van der Waals surface area contributed by atoms with Gasteiger partial charge in [-0.3, -0.25) is 0 Å². The first-order valence-electron chi connectivity index (χ1n) is 7.28. The molecule has 0 aliphatic heterocycles. The minimum absolute atomic E-state index is 0.261. The maximum absolute atomic E-state index is 12.0. The standard InChI is InChI=1S/C16H22N4O2/c1-9-6-10(2)14(11(3)7-9)8-17-16(21)18-12(4)15-19-13(5)20-22-15/h6-7,12H,8H2,1-5H3,(H2,17,18,21)/t12-/m1/s1. The van der Waals surface area contributed by atoms with Gasteiger partial charge in [-0.15, -0.1) is 0 Å². The van der Waals surface area contributed by atoms with E-state index in [2.05, 4.69) is 53.7 Å². The van der Waals surface area contributed by atoms with Crippen molar-refractivity contribution in [1.29, 1.82) is 0 Å². The summed E-state index contributed by atoms with van der Waals surface area (Å²) in [5.74, 6) is 0.949. The van der Waals surface area contributed by atoms with Gasteiger partial charge < -0.3 is 15.2 Å². The van der Waals surface area contributed by atoms with Gasteiger partial charge in [-0.25, -0.2) is 4.79 Å². The number of aromatic nitrogens is 2. The highest BCUT2D eigenvalue weighted by Gasteiger charge is 2.15. The fourth-order valence-electron chi connectivity index (χ4n) is 2.46. The van der Waals surface area contributed by atoms with E-state index in [0.717, 1.165) is 5.56 Å². The Labute approximate surface area is 130 Å². The van der Waals surface area contributed by atoms with E-state index in [1.54, 1.807) is 13.8 Å². The number of hydrogen-bond donors (Lipinski definition) is 2. The van der Waals surface area contributed by atoms with Crippen LogP contribution in [0, 0.1) is 27.7 Å². The first-order valence-corrected chi connectivity index (χ1v) is 7.28. The lowest BCUT2D eigenvalue weighted by atomic mass is 10.00. The van der Waals surface area contributed by atoms with Crippen LogP contribution in [0.2, 0.25) is 0 Å². The van der Waals surface area contributed by atoms with Gasteiger partial charge in [0.25, 0.3) is 0 Å². The van der Waals surface area contributed by atoms with Gasteiger partial charge in [0.15, 0.2) is 5.82 Å². The van der Waals surface area contributed by atoms with Crippen molar-refractivity contribution in [3.05, 3.63) is 46.1 Å². The zero-order chi connectivity index (χ0) is 16.3. The molecule has 0 unspecified atom stereocenters. The van der Waals surface area contributed by atoms with E-state index in [-0.39, 0.29) is 12.1 Å². The van der Waals surface area contributed by atoms with Crippen molar-refractivity contribution in [2.75, 3.05) is 0 Å². The molecule has 2 amide bonds. The van der Waals surface area contributed by atoms with Gasteiger partial charge in [-0.1, -0.05) is 22.9 Å². The van der Waals surface area contributed by atoms with Crippen molar-refractivity contribution >= 4 is 6.03 Å². The molecule has 1 aromatic carbocycles. The predicted octanol–water partition coefficient (Wildman–Crippen LogP) is 2.86. The van der Waals surface area contributed by atoms with Crippen molar-refractivity contribution in [3.8, 4) is 0 Å². The highest BCUT2D eigenvalue weighted by molar-refractivity contribution is 5.74. The third-order valence-electron chi connectivity index (χ3n) is 3.53. The van der Waals surface area contributed by atoms with Crippen LogP contribution in [0.5, 0.6) is 0 Å². The van der Waals surface area contributed by atoms with E-state index in [4.69, 9.17) is 4.52 Å². The molecular weight excluding hydrogens is 280 g/mol. The Morgan fingerprint density at radius 3 is 2.41 bits per heavy atom. The number of rotatable bonds is 4. The number of aryl methyl sites for hydroxylation is 4. The summed E-state index contributed by atoms with van der Waals surface area (Å²) in [6.45, 7) is 10.2. The van der Waals surface area contributed by atoms with Crippen molar-refractivity contribution < 1.29 is 9.32 Å². The van der Waals surface area contributed by atoms with Crippen LogP contribution in [0.25, 0.3) is 0 Å². The van der Waals surface area contributed by atoms with Gasteiger partial charge in [0.2, 0.25) is 5.89 Å². The molecule has 1 atom stereocenters. The van der Waals surface area contributed by atoms with Crippen molar-refractivity contribution in [2.24, 2.45) is 0 Å². The number of nitrogens with zero attached hydrogens (tertiary/aromatic N) is 2. The zero-order valence-electron chi connectivity index (χ0n) is 13.7. The van der Waals surface area contributed by atoms with Crippen LogP contribution in [0.1, 0.15) is 46.9 Å². The summed E-state index contributed by atoms with van der Waals surface area (Å²) in [4.78, 5) is 16.1. The average Bonchev–Trinajstić information content (AvgIpc) is 2.84. The average molecular weight is 302 g/mol. The second kappa shape index (κ2) is 6.60.